The maximum absolute atomic E-state index is 13.2. The summed E-state index contributed by atoms with van der Waals surface area (Å²) < 4.78 is 50.8. The van der Waals surface area contributed by atoms with Gasteiger partial charge in [0.1, 0.15) is 12.4 Å². The zero-order chi connectivity index (χ0) is 23.4. The van der Waals surface area contributed by atoms with Gasteiger partial charge in [-0.15, -0.1) is 0 Å². The molecular weight excluding hydrogens is 455 g/mol. The number of cyclic esters (lactones) is 1. The first kappa shape index (κ1) is 23.2. The van der Waals surface area contributed by atoms with E-state index in [0.717, 1.165) is 6.07 Å². The van der Waals surface area contributed by atoms with Gasteiger partial charge < -0.3 is 24.6 Å². The molecule has 0 aliphatic carbocycles. The smallest absolute Gasteiger partial charge is 0.418 e. The van der Waals surface area contributed by atoms with Gasteiger partial charge in [0.2, 0.25) is 0 Å². The number of thiocarbonyl (C=S) groups is 1. The second-order valence-electron chi connectivity index (χ2n) is 7.97. The molecule has 0 radical (unpaired) electrons. The predicted octanol–water partition coefficient (Wildman–Crippen LogP) is 4.77. The summed E-state index contributed by atoms with van der Waals surface area (Å²) in [6, 6.07) is 14.6. The summed E-state index contributed by atoms with van der Waals surface area (Å²) in [5.74, 6) is 0.716. The molecule has 1 amide bonds. The van der Waals surface area contributed by atoms with Crippen molar-refractivity contribution in [3.05, 3.63) is 60.2 Å². The molecule has 2 aliphatic rings. The van der Waals surface area contributed by atoms with E-state index in [1.54, 1.807) is 4.90 Å². The van der Waals surface area contributed by atoms with Crippen LogP contribution in [0.3, 0.4) is 0 Å². The van der Waals surface area contributed by atoms with Gasteiger partial charge in [0.25, 0.3) is 0 Å². The number of anilines is 1. The Labute approximate surface area is 195 Å². The van der Waals surface area contributed by atoms with Gasteiger partial charge in [0.05, 0.1) is 17.8 Å². The van der Waals surface area contributed by atoms with Gasteiger partial charge in [-0.25, -0.2) is 4.79 Å². The number of para-hydroxylation sites is 2. The summed E-state index contributed by atoms with van der Waals surface area (Å²) in [5, 5.41) is 2.97. The van der Waals surface area contributed by atoms with Crippen molar-refractivity contribution in [1.29, 1.82) is 0 Å². The molecule has 1 unspecified atom stereocenters. The number of ether oxygens (including phenoxy) is 2. The van der Waals surface area contributed by atoms with Crippen LogP contribution in [0.2, 0.25) is 0 Å². The third-order valence-electron chi connectivity index (χ3n) is 5.75. The number of carbonyl (C=O) groups is 1. The number of amides is 1. The minimum atomic E-state index is -4.47. The molecule has 2 saturated heterocycles. The molecule has 0 saturated carbocycles. The molecule has 2 aromatic rings. The van der Waals surface area contributed by atoms with E-state index in [0.29, 0.717) is 38.2 Å². The zero-order valence-corrected chi connectivity index (χ0v) is 18.6. The fraction of sp³-hybridized carbons (Fsp3) is 0.391. The Balaban J connectivity index is 1.27. The predicted molar refractivity (Wildman–Crippen MR) is 121 cm³/mol. The maximum atomic E-state index is 13.2. The van der Waals surface area contributed by atoms with E-state index in [2.05, 4.69) is 5.32 Å². The number of benzene rings is 2. The summed E-state index contributed by atoms with van der Waals surface area (Å²) in [6.45, 7) is 1.77. The first-order valence-electron chi connectivity index (χ1n) is 10.7. The standard InChI is InChI=1S/C23H24F3N3O3S/c24-23(25,26)19-8-4-5-9-20(19)27-21(33)28-12-10-16(11-13-28)29-14-18(32-22(29)30)15-31-17-6-2-1-3-7-17/h1-9,16,18H,10-15H2,(H,27,33). The van der Waals surface area contributed by atoms with Crippen LogP contribution in [0.5, 0.6) is 5.75 Å². The summed E-state index contributed by atoms with van der Waals surface area (Å²) >= 11 is 5.36. The van der Waals surface area contributed by atoms with Crippen molar-refractivity contribution >= 4 is 29.1 Å². The number of nitrogens with zero attached hydrogens (tertiary/aromatic N) is 2. The first-order valence-corrected chi connectivity index (χ1v) is 11.1. The highest BCUT2D eigenvalue weighted by atomic mass is 32.1. The van der Waals surface area contributed by atoms with E-state index in [1.807, 2.05) is 35.2 Å². The molecule has 2 heterocycles. The molecule has 4 rings (SSSR count). The third-order valence-corrected chi connectivity index (χ3v) is 6.11. The number of carbonyl (C=O) groups excluding carboxylic acids is 1. The highest BCUT2D eigenvalue weighted by Gasteiger charge is 2.38. The number of halogens is 3. The van der Waals surface area contributed by atoms with Crippen molar-refractivity contribution in [2.75, 3.05) is 31.6 Å². The average molecular weight is 480 g/mol. The number of hydrogen-bond donors (Lipinski definition) is 1. The van der Waals surface area contributed by atoms with E-state index < -0.39 is 11.7 Å². The van der Waals surface area contributed by atoms with Crippen LogP contribution in [0.4, 0.5) is 23.7 Å². The van der Waals surface area contributed by atoms with Crippen molar-refractivity contribution in [2.45, 2.75) is 31.2 Å². The Bertz CT molecular complexity index is 982. The van der Waals surface area contributed by atoms with Crippen molar-refractivity contribution in [1.82, 2.24) is 9.80 Å². The third kappa shape index (κ3) is 5.68. The van der Waals surface area contributed by atoms with Crippen molar-refractivity contribution in [3.63, 3.8) is 0 Å². The van der Waals surface area contributed by atoms with Crippen LogP contribution in [0.25, 0.3) is 0 Å². The minimum Gasteiger partial charge on any atom is -0.490 e. The number of nitrogens with one attached hydrogen (secondary N) is 1. The molecule has 0 bridgehead atoms. The largest absolute Gasteiger partial charge is 0.490 e. The van der Waals surface area contributed by atoms with Crippen LogP contribution < -0.4 is 10.1 Å². The van der Waals surface area contributed by atoms with E-state index >= 15 is 0 Å². The van der Waals surface area contributed by atoms with Crippen LogP contribution in [-0.4, -0.2) is 59.4 Å². The molecule has 0 aromatic heterocycles. The number of rotatable bonds is 5. The van der Waals surface area contributed by atoms with Gasteiger partial charge in [0.15, 0.2) is 11.2 Å². The molecule has 176 valence electrons. The van der Waals surface area contributed by atoms with E-state index in [-0.39, 0.29) is 35.6 Å². The SMILES string of the molecule is O=C1OC(COc2ccccc2)CN1C1CCN(C(=S)Nc2ccccc2C(F)(F)F)CC1. The Hall–Kier alpha value is -3.01. The lowest BCUT2D eigenvalue weighted by Gasteiger charge is -2.37. The Morgan fingerprint density at radius 3 is 2.45 bits per heavy atom. The molecule has 33 heavy (non-hydrogen) atoms. The van der Waals surface area contributed by atoms with Crippen LogP contribution in [0.1, 0.15) is 18.4 Å². The van der Waals surface area contributed by atoms with Gasteiger partial charge in [-0.3, -0.25) is 0 Å². The van der Waals surface area contributed by atoms with Crippen LogP contribution in [0.15, 0.2) is 54.6 Å². The number of likely N-dealkylation sites (tertiary alicyclic amines) is 1. The first-order chi connectivity index (χ1) is 15.8. The lowest BCUT2D eigenvalue weighted by Crippen LogP contribution is -2.48. The van der Waals surface area contributed by atoms with Crippen molar-refractivity contribution in [2.24, 2.45) is 0 Å². The van der Waals surface area contributed by atoms with Gasteiger partial charge >= 0.3 is 12.3 Å². The normalized spacial score (nSPS) is 19.4. The van der Waals surface area contributed by atoms with E-state index in [4.69, 9.17) is 21.7 Å². The monoisotopic (exact) mass is 479 g/mol. The number of alkyl halides is 3. The molecule has 2 aromatic carbocycles. The second-order valence-corrected chi connectivity index (χ2v) is 8.36. The summed E-state index contributed by atoms with van der Waals surface area (Å²) in [6.07, 6.45) is -3.90. The number of hydrogen-bond acceptors (Lipinski definition) is 4. The molecule has 6 nitrogen and oxygen atoms in total. The molecule has 0 spiro atoms. The highest BCUT2D eigenvalue weighted by molar-refractivity contribution is 7.80. The minimum absolute atomic E-state index is 0.0132. The highest BCUT2D eigenvalue weighted by Crippen LogP contribution is 2.35. The van der Waals surface area contributed by atoms with Gasteiger partial charge in [-0.1, -0.05) is 30.3 Å². The van der Waals surface area contributed by atoms with Crippen LogP contribution >= 0.6 is 12.2 Å². The van der Waals surface area contributed by atoms with Crippen LogP contribution in [0, 0.1) is 0 Å². The molecule has 1 N–H and O–H groups in total. The fourth-order valence-electron chi connectivity index (χ4n) is 4.05. The fourth-order valence-corrected chi connectivity index (χ4v) is 4.34. The molecular formula is C23H24F3N3O3S. The second kappa shape index (κ2) is 9.86. The van der Waals surface area contributed by atoms with Crippen LogP contribution in [-0.2, 0) is 10.9 Å². The molecule has 2 aliphatic heterocycles. The molecule has 1 atom stereocenters. The van der Waals surface area contributed by atoms with Gasteiger partial charge in [0, 0.05) is 19.1 Å². The number of piperidine rings is 1. The summed E-state index contributed by atoms with van der Waals surface area (Å²) in [7, 11) is 0. The topological polar surface area (TPSA) is 54.0 Å². The van der Waals surface area contributed by atoms with E-state index in [9.17, 15) is 18.0 Å². The lowest BCUT2D eigenvalue weighted by molar-refractivity contribution is -0.136. The summed E-state index contributed by atoms with van der Waals surface area (Å²) in [4.78, 5) is 15.9. The zero-order valence-electron chi connectivity index (χ0n) is 17.8. The average Bonchev–Trinajstić information content (AvgIpc) is 3.18. The Kier molecular flexibility index (Phi) is 6.92. The summed E-state index contributed by atoms with van der Waals surface area (Å²) in [5.41, 5.74) is -0.827. The quantitative estimate of drug-likeness (QED) is 0.624. The lowest BCUT2D eigenvalue weighted by atomic mass is 10.0. The Morgan fingerprint density at radius 1 is 1.09 bits per heavy atom. The molecule has 10 heteroatoms. The van der Waals surface area contributed by atoms with Crippen molar-refractivity contribution in [3.8, 4) is 5.75 Å². The van der Waals surface area contributed by atoms with E-state index in [1.165, 1.54) is 18.2 Å². The molecule has 2 fully saturated rings. The Morgan fingerprint density at radius 2 is 1.76 bits per heavy atom. The van der Waals surface area contributed by atoms with Crippen molar-refractivity contribution < 1.29 is 27.4 Å². The van der Waals surface area contributed by atoms with Gasteiger partial charge in [-0.2, -0.15) is 13.2 Å². The maximum Gasteiger partial charge on any atom is 0.418 e. The van der Waals surface area contributed by atoms with Gasteiger partial charge in [-0.05, 0) is 49.3 Å².